The van der Waals surface area contributed by atoms with Gasteiger partial charge in [0.2, 0.25) is 0 Å². The molecule has 0 saturated carbocycles. The van der Waals surface area contributed by atoms with Gasteiger partial charge in [-0.05, 0) is 18.8 Å². The van der Waals surface area contributed by atoms with E-state index in [4.69, 9.17) is 14.2 Å². The number of ether oxygens (including phenoxy) is 3. The van der Waals surface area contributed by atoms with E-state index in [1.807, 2.05) is 0 Å². The summed E-state index contributed by atoms with van der Waals surface area (Å²) in [6, 6.07) is 0. The fourth-order valence-electron chi connectivity index (χ4n) is 3.84. The second-order valence-corrected chi connectivity index (χ2v) is 8.79. The van der Waals surface area contributed by atoms with Gasteiger partial charge in [0.25, 0.3) is 0 Å². The van der Waals surface area contributed by atoms with Crippen LogP contribution < -0.4 is 0 Å². The van der Waals surface area contributed by atoms with Gasteiger partial charge in [-0.1, -0.05) is 104 Å². The van der Waals surface area contributed by atoms with Crippen molar-refractivity contribution in [1.82, 2.24) is 0 Å². The Bertz CT molecular complexity index is 304. The van der Waals surface area contributed by atoms with Crippen molar-refractivity contribution in [3.8, 4) is 0 Å². The molecule has 0 bridgehead atoms. The molecule has 0 amide bonds. The van der Waals surface area contributed by atoms with Gasteiger partial charge in [0.1, 0.15) is 6.10 Å². The van der Waals surface area contributed by atoms with E-state index in [-0.39, 0.29) is 0 Å². The molecule has 3 nitrogen and oxygen atoms in total. The molecule has 0 aromatic carbocycles. The van der Waals surface area contributed by atoms with Gasteiger partial charge in [0.15, 0.2) is 0 Å². The molecule has 0 spiro atoms. The molecule has 1 aliphatic rings. The van der Waals surface area contributed by atoms with Crippen LogP contribution in [0.2, 0.25) is 0 Å². The largest absolute Gasteiger partial charge is 0.379 e. The van der Waals surface area contributed by atoms with Crippen LogP contribution in [-0.2, 0) is 14.2 Å². The number of epoxide rings is 1. The predicted molar refractivity (Wildman–Crippen MR) is 120 cm³/mol. The lowest BCUT2D eigenvalue weighted by Crippen LogP contribution is -2.14. The van der Waals surface area contributed by atoms with Crippen molar-refractivity contribution in [3.63, 3.8) is 0 Å². The summed E-state index contributed by atoms with van der Waals surface area (Å²) < 4.78 is 16.7. The van der Waals surface area contributed by atoms with E-state index in [9.17, 15) is 0 Å². The lowest BCUT2D eigenvalue weighted by molar-refractivity contribution is 0.0258. The van der Waals surface area contributed by atoms with Crippen LogP contribution >= 0.6 is 0 Å². The Morgan fingerprint density at radius 3 is 1.64 bits per heavy atom. The molecular formula is C25H50O3. The third-order valence-electron chi connectivity index (χ3n) is 5.86. The van der Waals surface area contributed by atoms with Crippen molar-refractivity contribution < 1.29 is 14.2 Å². The SMILES string of the molecule is CCCCCCCCCCC(CCCCCCCC)COCCOCC1CO1. The topological polar surface area (TPSA) is 31.0 Å². The molecule has 2 unspecified atom stereocenters. The van der Waals surface area contributed by atoms with Crippen LogP contribution in [-0.4, -0.2) is 39.1 Å². The van der Waals surface area contributed by atoms with Crippen molar-refractivity contribution in [1.29, 1.82) is 0 Å². The van der Waals surface area contributed by atoms with Crippen molar-refractivity contribution >= 4 is 0 Å². The molecule has 0 radical (unpaired) electrons. The first kappa shape index (κ1) is 25.9. The van der Waals surface area contributed by atoms with Crippen LogP contribution in [0.25, 0.3) is 0 Å². The summed E-state index contributed by atoms with van der Waals surface area (Å²) in [6.45, 7) is 8.56. The Hall–Kier alpha value is -0.120. The fraction of sp³-hybridized carbons (Fsp3) is 1.00. The van der Waals surface area contributed by atoms with Gasteiger partial charge in [-0.15, -0.1) is 0 Å². The predicted octanol–water partition coefficient (Wildman–Crippen LogP) is 7.32. The normalized spacial score (nSPS) is 17.1. The zero-order valence-electron chi connectivity index (χ0n) is 19.2. The first-order valence-corrected chi connectivity index (χ1v) is 12.6. The second-order valence-electron chi connectivity index (χ2n) is 8.79. The van der Waals surface area contributed by atoms with Crippen LogP contribution in [0.4, 0.5) is 0 Å². The highest BCUT2D eigenvalue weighted by Crippen LogP contribution is 2.20. The summed E-state index contributed by atoms with van der Waals surface area (Å²) >= 11 is 0. The number of rotatable bonds is 23. The van der Waals surface area contributed by atoms with E-state index < -0.39 is 0 Å². The van der Waals surface area contributed by atoms with Gasteiger partial charge in [-0.2, -0.15) is 0 Å². The highest BCUT2D eigenvalue weighted by molar-refractivity contribution is 4.67. The standard InChI is InChI=1S/C25H50O3/c1-3-5-7-9-11-12-14-16-18-24(17-15-13-10-8-6-4-2)21-26-19-20-27-22-25-23-28-25/h24-25H,3-23H2,1-2H3. The van der Waals surface area contributed by atoms with Gasteiger partial charge in [0.05, 0.1) is 26.4 Å². The minimum atomic E-state index is 0.363. The quantitative estimate of drug-likeness (QED) is 0.133. The summed E-state index contributed by atoms with van der Waals surface area (Å²) in [6.07, 6.45) is 22.7. The summed E-state index contributed by atoms with van der Waals surface area (Å²) in [7, 11) is 0. The number of hydrogen-bond donors (Lipinski definition) is 0. The van der Waals surface area contributed by atoms with Crippen LogP contribution in [0.5, 0.6) is 0 Å². The van der Waals surface area contributed by atoms with Gasteiger partial charge in [-0.3, -0.25) is 0 Å². The Kier molecular flexibility index (Phi) is 18.7. The first-order valence-electron chi connectivity index (χ1n) is 12.6. The van der Waals surface area contributed by atoms with E-state index in [0.29, 0.717) is 12.7 Å². The van der Waals surface area contributed by atoms with Crippen molar-refractivity contribution in [3.05, 3.63) is 0 Å². The van der Waals surface area contributed by atoms with Crippen LogP contribution in [0.15, 0.2) is 0 Å². The zero-order valence-corrected chi connectivity index (χ0v) is 19.2. The molecule has 1 rings (SSSR count). The maximum absolute atomic E-state index is 5.95. The van der Waals surface area contributed by atoms with Crippen molar-refractivity contribution in [2.75, 3.05) is 33.0 Å². The van der Waals surface area contributed by atoms with Crippen LogP contribution in [0.1, 0.15) is 117 Å². The summed E-state index contributed by atoms with van der Waals surface area (Å²) in [5.41, 5.74) is 0. The van der Waals surface area contributed by atoms with Crippen LogP contribution in [0.3, 0.4) is 0 Å². The molecule has 168 valence electrons. The zero-order chi connectivity index (χ0) is 20.1. The molecule has 0 N–H and O–H groups in total. The molecule has 2 atom stereocenters. The third kappa shape index (κ3) is 17.9. The molecular weight excluding hydrogens is 348 g/mol. The summed E-state index contributed by atoms with van der Waals surface area (Å²) in [5, 5.41) is 0. The van der Waals surface area contributed by atoms with Crippen LogP contribution in [0, 0.1) is 5.92 Å². The minimum Gasteiger partial charge on any atom is -0.379 e. The maximum Gasteiger partial charge on any atom is 0.104 e. The molecule has 0 aliphatic carbocycles. The summed E-state index contributed by atoms with van der Waals surface area (Å²) in [5.74, 6) is 0.748. The highest BCUT2D eigenvalue weighted by Gasteiger charge is 2.22. The Labute approximate surface area is 176 Å². The Morgan fingerprint density at radius 1 is 0.679 bits per heavy atom. The average Bonchev–Trinajstić information content (AvgIpc) is 3.53. The molecule has 1 fully saturated rings. The van der Waals surface area contributed by atoms with Gasteiger partial charge >= 0.3 is 0 Å². The smallest absolute Gasteiger partial charge is 0.104 e. The molecule has 1 saturated heterocycles. The third-order valence-corrected chi connectivity index (χ3v) is 5.86. The fourth-order valence-corrected chi connectivity index (χ4v) is 3.84. The minimum absolute atomic E-state index is 0.363. The Balaban J connectivity index is 2.03. The Morgan fingerprint density at radius 2 is 1.14 bits per heavy atom. The summed E-state index contributed by atoms with van der Waals surface area (Å²) in [4.78, 5) is 0. The lowest BCUT2D eigenvalue weighted by atomic mass is 9.94. The van der Waals surface area contributed by atoms with Gasteiger partial charge < -0.3 is 14.2 Å². The molecule has 1 heterocycles. The molecule has 1 aliphatic heterocycles. The first-order chi connectivity index (χ1) is 13.9. The van der Waals surface area contributed by atoms with E-state index in [1.54, 1.807) is 0 Å². The number of hydrogen-bond acceptors (Lipinski definition) is 3. The van der Waals surface area contributed by atoms with E-state index >= 15 is 0 Å². The number of unbranched alkanes of at least 4 members (excludes halogenated alkanes) is 12. The van der Waals surface area contributed by atoms with Gasteiger partial charge in [-0.25, -0.2) is 0 Å². The van der Waals surface area contributed by atoms with Gasteiger partial charge in [0, 0.05) is 6.61 Å². The molecule has 0 aromatic heterocycles. The monoisotopic (exact) mass is 398 g/mol. The molecule has 3 heteroatoms. The highest BCUT2D eigenvalue weighted by atomic mass is 16.6. The van der Waals surface area contributed by atoms with Crippen molar-refractivity contribution in [2.24, 2.45) is 5.92 Å². The van der Waals surface area contributed by atoms with E-state index in [0.717, 1.165) is 32.3 Å². The maximum atomic E-state index is 5.95. The second kappa shape index (κ2) is 20.2. The van der Waals surface area contributed by atoms with E-state index in [2.05, 4.69) is 13.8 Å². The average molecular weight is 399 g/mol. The molecule has 28 heavy (non-hydrogen) atoms. The van der Waals surface area contributed by atoms with Crippen molar-refractivity contribution in [2.45, 2.75) is 123 Å². The lowest BCUT2D eigenvalue weighted by Gasteiger charge is -2.17. The van der Waals surface area contributed by atoms with E-state index in [1.165, 1.54) is 103 Å². The molecule has 0 aromatic rings.